The lowest BCUT2D eigenvalue weighted by molar-refractivity contribution is -0.126. The second-order valence-electron chi connectivity index (χ2n) is 9.00. The van der Waals surface area contributed by atoms with E-state index in [-0.39, 0.29) is 10.8 Å². The van der Waals surface area contributed by atoms with E-state index in [4.69, 9.17) is 4.74 Å². The molecule has 0 aliphatic heterocycles. The van der Waals surface area contributed by atoms with Gasteiger partial charge in [-0.2, -0.15) is 0 Å². The minimum Gasteiger partial charge on any atom is -0.500 e. The molecule has 2 rings (SSSR count). The topological polar surface area (TPSA) is 26.3 Å². The van der Waals surface area contributed by atoms with Crippen molar-refractivity contribution in [2.75, 3.05) is 7.11 Å². The molecule has 0 heterocycles. The van der Waals surface area contributed by atoms with Crippen molar-refractivity contribution in [1.82, 2.24) is 0 Å². The van der Waals surface area contributed by atoms with Crippen LogP contribution in [0.1, 0.15) is 91.9 Å². The Morgan fingerprint density at radius 3 is 2.00 bits per heavy atom. The zero-order valence-electron chi connectivity index (χ0n) is 16.0. The van der Waals surface area contributed by atoms with E-state index in [1.165, 1.54) is 32.1 Å². The molecule has 0 aromatic heterocycles. The minimum absolute atomic E-state index is 0.0313. The maximum Gasteiger partial charge on any atom is 0.165 e. The molecule has 0 unspecified atom stereocenters. The molecule has 2 aliphatic carbocycles. The summed E-state index contributed by atoms with van der Waals surface area (Å²) in [6.45, 7) is 9.16. The number of hydrogen-bond donors (Lipinski definition) is 0. The third-order valence-corrected chi connectivity index (χ3v) is 6.79. The highest BCUT2D eigenvalue weighted by Gasteiger charge is 2.41. The smallest absolute Gasteiger partial charge is 0.165 e. The summed E-state index contributed by atoms with van der Waals surface area (Å²) in [5.74, 6) is 1.25. The van der Waals surface area contributed by atoms with Gasteiger partial charge in [0.05, 0.1) is 7.11 Å². The van der Waals surface area contributed by atoms with Crippen LogP contribution in [-0.2, 0) is 9.53 Å². The van der Waals surface area contributed by atoms with Gasteiger partial charge in [-0.05, 0) is 50.4 Å². The van der Waals surface area contributed by atoms with Crippen LogP contribution >= 0.6 is 0 Å². The fourth-order valence-corrected chi connectivity index (χ4v) is 4.48. The van der Waals surface area contributed by atoms with E-state index in [2.05, 4.69) is 27.7 Å². The molecule has 0 radical (unpaired) electrons. The first-order valence-electron chi connectivity index (χ1n) is 9.58. The lowest BCUT2D eigenvalue weighted by Crippen LogP contribution is -2.34. The van der Waals surface area contributed by atoms with Crippen LogP contribution in [0.4, 0.5) is 0 Å². The van der Waals surface area contributed by atoms with Crippen LogP contribution in [0.15, 0.2) is 11.8 Å². The van der Waals surface area contributed by atoms with Crippen LogP contribution < -0.4 is 0 Å². The first-order valence-corrected chi connectivity index (χ1v) is 9.58. The first kappa shape index (κ1) is 18.5. The number of ether oxygens (including phenoxy) is 1. The van der Waals surface area contributed by atoms with Gasteiger partial charge in [0, 0.05) is 16.9 Å². The molecule has 0 aromatic rings. The molecule has 0 atom stereocenters. The van der Waals surface area contributed by atoms with Crippen molar-refractivity contribution in [3.05, 3.63) is 11.8 Å². The van der Waals surface area contributed by atoms with Crippen LogP contribution in [0.5, 0.6) is 0 Å². The van der Waals surface area contributed by atoms with Crippen molar-refractivity contribution in [1.29, 1.82) is 0 Å². The predicted octanol–water partition coefficient (Wildman–Crippen LogP) is 6.05. The van der Waals surface area contributed by atoms with Crippen molar-refractivity contribution in [3.63, 3.8) is 0 Å². The van der Waals surface area contributed by atoms with Crippen molar-refractivity contribution in [2.24, 2.45) is 16.2 Å². The SMILES string of the molecule is CCC1(C(=O)/C=C(\OC)C2(C)CCC(C)(C)CC2)CCCCC1. The van der Waals surface area contributed by atoms with Crippen LogP contribution in [0, 0.1) is 16.2 Å². The molecule has 2 saturated carbocycles. The van der Waals surface area contributed by atoms with Crippen LogP contribution in [-0.4, -0.2) is 12.9 Å². The molecule has 0 saturated heterocycles. The monoisotopic (exact) mass is 320 g/mol. The number of hydrogen-bond acceptors (Lipinski definition) is 2. The Balaban J connectivity index is 2.19. The zero-order chi connectivity index (χ0) is 17.1. The molecule has 2 aliphatic rings. The van der Waals surface area contributed by atoms with Gasteiger partial charge in [0.25, 0.3) is 0 Å². The molecule has 0 bridgehead atoms. The summed E-state index contributed by atoms with van der Waals surface area (Å²) in [6, 6.07) is 0. The number of methoxy groups -OCH3 is 1. The van der Waals surface area contributed by atoms with E-state index < -0.39 is 0 Å². The molecule has 0 spiro atoms. The third kappa shape index (κ3) is 4.00. The van der Waals surface area contributed by atoms with Gasteiger partial charge < -0.3 is 4.74 Å². The average Bonchev–Trinajstić information content (AvgIpc) is 2.56. The molecule has 23 heavy (non-hydrogen) atoms. The Hall–Kier alpha value is -0.790. The Kier molecular flexibility index (Phi) is 5.63. The van der Waals surface area contributed by atoms with Crippen LogP contribution in [0.25, 0.3) is 0 Å². The van der Waals surface area contributed by atoms with E-state index >= 15 is 0 Å². The normalized spacial score (nSPS) is 26.6. The van der Waals surface area contributed by atoms with E-state index in [0.29, 0.717) is 11.2 Å². The highest BCUT2D eigenvalue weighted by Crippen LogP contribution is 2.49. The summed E-state index contributed by atoms with van der Waals surface area (Å²) in [5.41, 5.74) is 0.340. The van der Waals surface area contributed by atoms with Gasteiger partial charge >= 0.3 is 0 Å². The van der Waals surface area contributed by atoms with Gasteiger partial charge in [0.2, 0.25) is 0 Å². The van der Waals surface area contributed by atoms with Gasteiger partial charge in [0.15, 0.2) is 5.78 Å². The second-order valence-corrected chi connectivity index (χ2v) is 9.00. The second kappa shape index (κ2) is 6.99. The molecule has 0 N–H and O–H groups in total. The predicted molar refractivity (Wildman–Crippen MR) is 96.3 cm³/mol. The summed E-state index contributed by atoms with van der Waals surface area (Å²) in [5, 5.41) is 0. The number of allylic oxidation sites excluding steroid dienone is 2. The van der Waals surface area contributed by atoms with E-state index in [1.54, 1.807) is 7.11 Å². The van der Waals surface area contributed by atoms with E-state index in [1.807, 2.05) is 6.08 Å². The van der Waals surface area contributed by atoms with E-state index in [0.717, 1.165) is 37.9 Å². The molecular formula is C21H36O2. The fraction of sp³-hybridized carbons (Fsp3) is 0.857. The Labute approximate surface area is 143 Å². The standard InChI is InChI=1S/C21H36O2/c1-6-21(10-8-7-9-11-21)17(22)16-18(23-5)20(4)14-12-19(2,3)13-15-20/h16H,6-15H2,1-5H3/b18-16-. The first-order chi connectivity index (χ1) is 10.8. The number of rotatable bonds is 5. The largest absolute Gasteiger partial charge is 0.500 e. The average molecular weight is 321 g/mol. The summed E-state index contributed by atoms with van der Waals surface area (Å²) in [6.07, 6.45) is 13.3. The van der Waals surface area contributed by atoms with Crippen molar-refractivity contribution in [2.45, 2.75) is 91.9 Å². The Morgan fingerprint density at radius 1 is 0.957 bits per heavy atom. The summed E-state index contributed by atoms with van der Waals surface area (Å²) in [7, 11) is 1.74. The molecule has 0 aromatic carbocycles. The maximum absolute atomic E-state index is 13.1. The lowest BCUT2D eigenvalue weighted by Gasteiger charge is -2.42. The lowest BCUT2D eigenvalue weighted by atomic mass is 9.64. The molecular weight excluding hydrogens is 284 g/mol. The number of carbonyl (C=O) groups excluding carboxylic acids is 1. The summed E-state index contributed by atoms with van der Waals surface area (Å²) in [4.78, 5) is 13.1. The highest BCUT2D eigenvalue weighted by atomic mass is 16.5. The van der Waals surface area contributed by atoms with Gasteiger partial charge in [0.1, 0.15) is 5.76 Å². The zero-order valence-corrected chi connectivity index (χ0v) is 16.0. The highest BCUT2D eigenvalue weighted by molar-refractivity contribution is 5.95. The van der Waals surface area contributed by atoms with Gasteiger partial charge in [-0.3, -0.25) is 4.79 Å². The maximum atomic E-state index is 13.1. The third-order valence-electron chi connectivity index (χ3n) is 6.79. The molecule has 0 amide bonds. The quantitative estimate of drug-likeness (QED) is 0.455. The Bertz CT molecular complexity index is 442. The van der Waals surface area contributed by atoms with Gasteiger partial charge in [-0.15, -0.1) is 0 Å². The Morgan fingerprint density at radius 2 is 1.52 bits per heavy atom. The van der Waals surface area contributed by atoms with Crippen molar-refractivity contribution < 1.29 is 9.53 Å². The summed E-state index contributed by atoms with van der Waals surface area (Å²) < 4.78 is 5.75. The minimum atomic E-state index is -0.119. The molecule has 2 heteroatoms. The molecule has 2 fully saturated rings. The van der Waals surface area contributed by atoms with Gasteiger partial charge in [-0.25, -0.2) is 0 Å². The van der Waals surface area contributed by atoms with E-state index in [9.17, 15) is 4.79 Å². The number of ketones is 1. The molecule has 2 nitrogen and oxygen atoms in total. The van der Waals surface area contributed by atoms with Gasteiger partial charge in [-0.1, -0.05) is 47.0 Å². The summed E-state index contributed by atoms with van der Waals surface area (Å²) >= 11 is 0. The van der Waals surface area contributed by atoms with Crippen molar-refractivity contribution in [3.8, 4) is 0 Å². The van der Waals surface area contributed by atoms with Crippen molar-refractivity contribution >= 4 is 5.78 Å². The van der Waals surface area contributed by atoms with Crippen LogP contribution in [0.3, 0.4) is 0 Å². The van der Waals surface area contributed by atoms with Crippen LogP contribution in [0.2, 0.25) is 0 Å². The fourth-order valence-electron chi connectivity index (χ4n) is 4.48. The number of carbonyl (C=O) groups is 1. The molecule has 132 valence electrons.